The van der Waals surface area contributed by atoms with E-state index in [1.165, 1.54) is 6.92 Å². The van der Waals surface area contributed by atoms with E-state index >= 15 is 0 Å². The van der Waals surface area contributed by atoms with Crippen molar-refractivity contribution >= 4 is 19.3 Å². The Hall–Kier alpha value is -0.800. The van der Waals surface area contributed by atoms with E-state index in [4.69, 9.17) is 5.11 Å². The van der Waals surface area contributed by atoms with Crippen LogP contribution in [0.1, 0.15) is 39.5 Å². The highest BCUT2D eigenvalue weighted by molar-refractivity contribution is 7.64. The van der Waals surface area contributed by atoms with Gasteiger partial charge < -0.3 is 10.2 Å². The Morgan fingerprint density at radius 1 is 1.38 bits per heavy atom. The van der Waals surface area contributed by atoms with E-state index in [1.807, 2.05) is 6.92 Å². The molecule has 0 radical (unpaired) electrons. The summed E-state index contributed by atoms with van der Waals surface area (Å²) >= 11 is 0. The molecule has 3 atom stereocenters. The minimum absolute atomic E-state index is 0.284. The van der Waals surface area contributed by atoms with E-state index in [9.17, 15) is 19.3 Å². The van der Waals surface area contributed by atoms with Crippen LogP contribution in [0.25, 0.3) is 0 Å². The highest BCUT2D eigenvalue weighted by Gasteiger charge is 2.38. The smallest absolute Gasteiger partial charge is 0.446 e. The fourth-order valence-electron chi connectivity index (χ4n) is 1.11. The maximum Gasteiger partial charge on any atom is 0.446 e. The quantitative estimate of drug-likeness (QED) is 0.641. The van der Waals surface area contributed by atoms with Crippen molar-refractivity contribution < 1.29 is 24.4 Å². The van der Waals surface area contributed by atoms with Gasteiger partial charge in [-0.1, -0.05) is 24.8 Å². The zero-order valence-electron chi connectivity index (χ0n) is 9.55. The number of aliphatic hydroxyl groups excluding tert-OH is 1. The summed E-state index contributed by atoms with van der Waals surface area (Å²) in [6.07, 6.45) is 1.58. The van der Waals surface area contributed by atoms with Crippen molar-refractivity contribution in [1.29, 1.82) is 0 Å². The van der Waals surface area contributed by atoms with Gasteiger partial charge in [0.05, 0.1) is 12.3 Å². The van der Waals surface area contributed by atoms with Crippen LogP contribution in [0.4, 0.5) is 0 Å². The molecule has 0 aromatic rings. The number of rotatable bonds is 8. The van der Waals surface area contributed by atoms with Crippen molar-refractivity contribution in [1.82, 2.24) is 0 Å². The second-order valence-corrected chi connectivity index (χ2v) is 5.53. The Bertz CT molecular complexity index is 276. The van der Waals surface area contributed by atoms with Crippen LogP contribution in [0.5, 0.6) is 0 Å². The van der Waals surface area contributed by atoms with Crippen LogP contribution in [0.15, 0.2) is 0 Å². The topological polar surface area (TPSA) is 91.7 Å². The summed E-state index contributed by atoms with van der Waals surface area (Å²) in [6.45, 7) is 3.30. The van der Waals surface area contributed by atoms with Gasteiger partial charge in [0, 0.05) is 6.42 Å². The average Bonchev–Trinajstić information content (AvgIpc) is 2.24. The normalized spacial score (nSPS) is 15.3. The lowest BCUT2D eigenvalue weighted by atomic mass is 10.1. The summed E-state index contributed by atoms with van der Waals surface area (Å²) < 4.78 is 11.5. The third kappa shape index (κ3) is 5.33. The molecule has 0 aliphatic heterocycles. The van der Waals surface area contributed by atoms with Crippen LogP contribution in [0.2, 0.25) is 0 Å². The van der Waals surface area contributed by atoms with E-state index < -0.39 is 31.1 Å². The van der Waals surface area contributed by atoms with Gasteiger partial charge in [0.1, 0.15) is 0 Å². The molecule has 0 spiro atoms. The van der Waals surface area contributed by atoms with Gasteiger partial charge in [-0.3, -0.25) is 4.79 Å². The lowest BCUT2D eigenvalue weighted by Crippen LogP contribution is -2.15. The molecular formula is C10H18O5P+. The Morgan fingerprint density at radius 3 is 2.38 bits per heavy atom. The maximum absolute atomic E-state index is 11.5. The van der Waals surface area contributed by atoms with Crippen molar-refractivity contribution in [2.45, 2.75) is 45.4 Å². The molecule has 0 heterocycles. The Balaban J connectivity index is 4.17. The molecule has 0 bridgehead atoms. The minimum Gasteiger partial charge on any atom is -0.481 e. The monoisotopic (exact) mass is 249 g/mol. The largest absolute Gasteiger partial charge is 0.481 e. The van der Waals surface area contributed by atoms with Crippen LogP contribution in [0, 0.1) is 5.92 Å². The van der Waals surface area contributed by atoms with Crippen molar-refractivity contribution in [2.75, 3.05) is 0 Å². The van der Waals surface area contributed by atoms with Gasteiger partial charge in [-0.25, -0.2) is 4.79 Å². The van der Waals surface area contributed by atoms with Crippen LogP contribution in [0.3, 0.4) is 0 Å². The fraction of sp³-hybridized carbons (Fsp3) is 0.800. The molecule has 6 heteroatoms. The van der Waals surface area contributed by atoms with Crippen molar-refractivity contribution in [3.8, 4) is 0 Å². The zero-order chi connectivity index (χ0) is 12.7. The number of carbonyl (C=O) groups excluding carboxylic acids is 1. The predicted molar refractivity (Wildman–Crippen MR) is 59.6 cm³/mol. The molecule has 5 nitrogen and oxygen atoms in total. The van der Waals surface area contributed by atoms with Gasteiger partial charge in [-0.05, 0) is 6.42 Å². The van der Waals surface area contributed by atoms with Gasteiger partial charge in [0.25, 0.3) is 5.85 Å². The number of carboxylic acid groups (broad SMARTS) is 1. The van der Waals surface area contributed by atoms with Gasteiger partial charge in [-0.2, -0.15) is 0 Å². The molecule has 0 fully saturated rings. The minimum atomic E-state index is -2.37. The molecule has 0 aromatic heterocycles. The summed E-state index contributed by atoms with van der Waals surface area (Å²) in [6, 6.07) is 0. The second kappa shape index (κ2) is 7.47. The Kier molecular flexibility index (Phi) is 7.10. The number of aliphatic hydroxyl groups is 1. The number of aliphatic carboxylic acids is 1. The first-order valence-electron chi connectivity index (χ1n) is 5.30. The molecule has 0 aliphatic rings. The summed E-state index contributed by atoms with van der Waals surface area (Å²) in [7, 11) is -2.37. The maximum atomic E-state index is 11.5. The fourth-order valence-corrected chi connectivity index (χ4v) is 2.31. The third-order valence-corrected chi connectivity index (χ3v) is 3.71. The standard InChI is InChI=1S/C10H17O5P/c1-3-4-5-8(11)16(15)9(12)6-7(2)10(13)14/h7-8,11H,3-6H2,1-2H3/p+1. The van der Waals surface area contributed by atoms with Crippen LogP contribution < -0.4 is 0 Å². The van der Waals surface area contributed by atoms with Gasteiger partial charge >= 0.3 is 19.3 Å². The molecule has 0 amide bonds. The van der Waals surface area contributed by atoms with E-state index in [-0.39, 0.29) is 6.42 Å². The number of carbonyl (C=O) groups is 2. The predicted octanol–water partition coefficient (Wildman–Crippen LogP) is 1.96. The average molecular weight is 249 g/mol. The highest BCUT2D eigenvalue weighted by Crippen LogP contribution is 2.33. The number of hydrogen-bond donors (Lipinski definition) is 2. The first-order valence-corrected chi connectivity index (χ1v) is 6.63. The van der Waals surface area contributed by atoms with E-state index in [0.29, 0.717) is 12.8 Å². The molecule has 16 heavy (non-hydrogen) atoms. The highest BCUT2D eigenvalue weighted by atomic mass is 31.1. The van der Waals surface area contributed by atoms with E-state index in [1.54, 1.807) is 0 Å². The first kappa shape index (κ1) is 15.2. The zero-order valence-corrected chi connectivity index (χ0v) is 10.4. The summed E-state index contributed by atoms with van der Waals surface area (Å²) in [5.41, 5.74) is -0.659. The summed E-state index contributed by atoms with van der Waals surface area (Å²) in [5.74, 6) is -3.09. The molecule has 0 rings (SSSR count). The van der Waals surface area contributed by atoms with E-state index in [2.05, 4.69) is 0 Å². The van der Waals surface area contributed by atoms with Crippen molar-refractivity contribution in [3.63, 3.8) is 0 Å². The lowest BCUT2D eigenvalue weighted by molar-refractivity contribution is -0.142. The van der Waals surface area contributed by atoms with Gasteiger partial charge in [0.2, 0.25) is 0 Å². The number of carboxylic acids is 1. The summed E-state index contributed by atoms with van der Waals surface area (Å²) in [4.78, 5) is 21.8. The second-order valence-electron chi connectivity index (χ2n) is 3.79. The number of hydrogen-bond acceptors (Lipinski definition) is 4. The first-order chi connectivity index (χ1) is 7.40. The lowest BCUT2D eigenvalue weighted by Gasteiger charge is -2.01. The van der Waals surface area contributed by atoms with Crippen LogP contribution in [-0.2, 0) is 14.2 Å². The molecule has 2 N–H and O–H groups in total. The van der Waals surface area contributed by atoms with Crippen molar-refractivity contribution in [3.05, 3.63) is 0 Å². The Morgan fingerprint density at radius 2 is 1.94 bits per heavy atom. The van der Waals surface area contributed by atoms with Gasteiger partial charge in [0.15, 0.2) is 0 Å². The van der Waals surface area contributed by atoms with Gasteiger partial charge in [-0.15, -0.1) is 0 Å². The van der Waals surface area contributed by atoms with E-state index in [0.717, 1.165) is 6.42 Å². The molecule has 3 unspecified atom stereocenters. The molecule has 0 saturated heterocycles. The third-order valence-electron chi connectivity index (χ3n) is 2.23. The molecule has 0 aromatic carbocycles. The molecule has 92 valence electrons. The van der Waals surface area contributed by atoms with Crippen LogP contribution in [-0.4, -0.2) is 27.6 Å². The molecule has 0 saturated carbocycles. The molecule has 0 aliphatic carbocycles. The SMILES string of the molecule is CCCCC(O)[P+](=O)C(=O)CC(C)C(=O)O. The van der Waals surface area contributed by atoms with Crippen molar-refractivity contribution in [2.24, 2.45) is 5.92 Å². The summed E-state index contributed by atoms with van der Waals surface area (Å²) in [5, 5.41) is 18.0. The molecular weight excluding hydrogens is 231 g/mol. The Labute approximate surface area is 95.6 Å². The number of unbranched alkanes of at least 4 members (excludes halogenated alkanes) is 1. The van der Waals surface area contributed by atoms with Crippen LogP contribution >= 0.6 is 7.80 Å².